The van der Waals surface area contributed by atoms with Crippen LogP contribution in [-0.2, 0) is 17.8 Å². The molecule has 1 aromatic heterocycles. The van der Waals surface area contributed by atoms with Gasteiger partial charge in [-0.2, -0.15) is 5.10 Å². The minimum absolute atomic E-state index is 0.176. The zero-order valence-electron chi connectivity index (χ0n) is 15.4. The van der Waals surface area contributed by atoms with Gasteiger partial charge < -0.3 is 15.4 Å². The number of carbonyl (C=O) groups is 1. The van der Waals surface area contributed by atoms with E-state index in [9.17, 15) is 4.79 Å². The molecule has 2 aliphatic rings. The van der Waals surface area contributed by atoms with Gasteiger partial charge in [-0.05, 0) is 48.2 Å². The maximum Gasteiger partial charge on any atom is 0.256 e. The SMILES string of the molecule is O=C(Nc1ccc2c(c1)CNC2)c1cc(Cl)cc2c1cnn2C1CCOCC1. The summed E-state index contributed by atoms with van der Waals surface area (Å²) in [5, 5.41) is 12.2. The van der Waals surface area contributed by atoms with Crippen molar-refractivity contribution in [3.05, 3.63) is 58.2 Å². The van der Waals surface area contributed by atoms with Crippen LogP contribution in [-0.4, -0.2) is 28.9 Å². The topological polar surface area (TPSA) is 68.2 Å². The number of fused-ring (bicyclic) bond motifs is 2. The summed E-state index contributed by atoms with van der Waals surface area (Å²) < 4.78 is 7.45. The lowest BCUT2D eigenvalue weighted by Gasteiger charge is -2.23. The van der Waals surface area contributed by atoms with Crippen LogP contribution in [0.4, 0.5) is 5.69 Å². The molecule has 0 aliphatic carbocycles. The molecule has 6 nitrogen and oxygen atoms in total. The Kier molecular flexibility index (Phi) is 4.55. The molecule has 2 aliphatic heterocycles. The predicted molar refractivity (Wildman–Crippen MR) is 109 cm³/mol. The standard InChI is InChI=1S/C21H21ClN4O2/c22-15-8-18(21(27)25-16-2-1-13-10-23-11-14(13)7-16)19-12-24-26(20(19)9-15)17-3-5-28-6-4-17/h1-2,7-9,12,17,23H,3-6,10-11H2,(H,25,27). The van der Waals surface area contributed by atoms with E-state index < -0.39 is 0 Å². The molecule has 0 atom stereocenters. The Labute approximate surface area is 167 Å². The molecule has 0 radical (unpaired) electrons. The van der Waals surface area contributed by atoms with E-state index in [1.54, 1.807) is 12.3 Å². The van der Waals surface area contributed by atoms with Crippen LogP contribution in [0.25, 0.3) is 10.9 Å². The lowest BCUT2D eigenvalue weighted by Crippen LogP contribution is -2.20. The summed E-state index contributed by atoms with van der Waals surface area (Å²) >= 11 is 6.36. The summed E-state index contributed by atoms with van der Waals surface area (Å²) in [6, 6.07) is 9.89. The van der Waals surface area contributed by atoms with Crippen molar-refractivity contribution in [1.29, 1.82) is 0 Å². The van der Waals surface area contributed by atoms with Crippen molar-refractivity contribution in [1.82, 2.24) is 15.1 Å². The minimum atomic E-state index is -0.176. The second-order valence-electron chi connectivity index (χ2n) is 7.36. The number of anilines is 1. The number of nitrogens with zero attached hydrogens (tertiary/aromatic N) is 2. The number of rotatable bonds is 3. The van der Waals surface area contributed by atoms with Gasteiger partial charge in [0.15, 0.2) is 0 Å². The summed E-state index contributed by atoms with van der Waals surface area (Å²) in [7, 11) is 0. The van der Waals surface area contributed by atoms with E-state index >= 15 is 0 Å². The minimum Gasteiger partial charge on any atom is -0.381 e. The lowest BCUT2D eigenvalue weighted by molar-refractivity contribution is 0.0675. The van der Waals surface area contributed by atoms with Crippen molar-refractivity contribution in [3.8, 4) is 0 Å². The molecule has 2 N–H and O–H groups in total. The van der Waals surface area contributed by atoms with Crippen LogP contribution in [0.3, 0.4) is 0 Å². The fourth-order valence-electron chi connectivity index (χ4n) is 4.09. The van der Waals surface area contributed by atoms with Crippen molar-refractivity contribution >= 4 is 34.1 Å². The summed E-state index contributed by atoms with van der Waals surface area (Å²) in [5.74, 6) is -0.176. The van der Waals surface area contributed by atoms with Crippen molar-refractivity contribution in [2.75, 3.05) is 18.5 Å². The average molecular weight is 397 g/mol. The first-order valence-electron chi connectivity index (χ1n) is 9.57. The molecule has 0 unspecified atom stereocenters. The van der Waals surface area contributed by atoms with Crippen LogP contribution in [0.5, 0.6) is 0 Å². The molecular formula is C21H21ClN4O2. The Bertz CT molecular complexity index is 1060. The second kappa shape index (κ2) is 7.20. The zero-order chi connectivity index (χ0) is 19.1. The number of ether oxygens (including phenoxy) is 1. The van der Waals surface area contributed by atoms with Gasteiger partial charge in [0.1, 0.15) is 0 Å². The zero-order valence-corrected chi connectivity index (χ0v) is 16.1. The number of hydrogen-bond donors (Lipinski definition) is 2. The van der Waals surface area contributed by atoms with Crippen molar-refractivity contribution in [2.45, 2.75) is 32.0 Å². The van der Waals surface area contributed by atoms with Gasteiger partial charge in [0, 0.05) is 42.4 Å². The van der Waals surface area contributed by atoms with Crippen molar-refractivity contribution < 1.29 is 9.53 Å². The number of nitrogens with one attached hydrogen (secondary N) is 2. The second-order valence-corrected chi connectivity index (χ2v) is 7.80. The van der Waals surface area contributed by atoms with Gasteiger partial charge in [-0.15, -0.1) is 0 Å². The molecule has 3 aromatic rings. The normalized spacial score (nSPS) is 17.0. The first kappa shape index (κ1) is 17.7. The van der Waals surface area contributed by atoms with Gasteiger partial charge >= 0.3 is 0 Å². The molecule has 144 valence electrons. The highest BCUT2D eigenvalue weighted by atomic mass is 35.5. The highest BCUT2D eigenvalue weighted by molar-refractivity contribution is 6.32. The number of halogens is 1. The third-order valence-corrected chi connectivity index (χ3v) is 5.78. The summed E-state index contributed by atoms with van der Waals surface area (Å²) in [6.45, 7) is 3.17. The number of carbonyl (C=O) groups excluding carboxylic acids is 1. The fraction of sp³-hybridized carbons (Fsp3) is 0.333. The number of benzene rings is 2. The molecule has 2 aromatic carbocycles. The summed E-state index contributed by atoms with van der Waals surface area (Å²) in [5.41, 5.74) is 4.72. The third kappa shape index (κ3) is 3.17. The van der Waals surface area contributed by atoms with E-state index in [1.165, 1.54) is 11.1 Å². The van der Waals surface area contributed by atoms with E-state index in [2.05, 4.69) is 21.8 Å². The van der Waals surface area contributed by atoms with Gasteiger partial charge in [-0.3, -0.25) is 9.48 Å². The monoisotopic (exact) mass is 396 g/mol. The van der Waals surface area contributed by atoms with Gasteiger partial charge in [0.2, 0.25) is 0 Å². The lowest BCUT2D eigenvalue weighted by atomic mass is 10.1. The molecule has 0 bridgehead atoms. The molecule has 1 saturated heterocycles. The third-order valence-electron chi connectivity index (χ3n) is 5.56. The van der Waals surface area contributed by atoms with Gasteiger partial charge in [-0.1, -0.05) is 17.7 Å². The van der Waals surface area contributed by atoms with Crippen molar-refractivity contribution in [2.24, 2.45) is 0 Å². The van der Waals surface area contributed by atoms with Crippen molar-refractivity contribution in [3.63, 3.8) is 0 Å². The molecule has 0 spiro atoms. The highest BCUT2D eigenvalue weighted by Gasteiger charge is 2.22. The largest absolute Gasteiger partial charge is 0.381 e. The van der Waals surface area contributed by atoms with Crippen LogP contribution in [0.15, 0.2) is 36.5 Å². The molecule has 3 heterocycles. The van der Waals surface area contributed by atoms with Gasteiger partial charge in [0.25, 0.3) is 5.91 Å². The molecule has 5 rings (SSSR count). The van der Waals surface area contributed by atoms with Crippen LogP contribution in [0.1, 0.15) is 40.4 Å². The van der Waals surface area contributed by atoms with Crippen LogP contribution in [0.2, 0.25) is 5.02 Å². The van der Waals surface area contributed by atoms with E-state index in [-0.39, 0.29) is 11.9 Å². The maximum absolute atomic E-state index is 13.0. The van der Waals surface area contributed by atoms with Gasteiger partial charge in [0.05, 0.1) is 23.3 Å². The van der Waals surface area contributed by atoms with E-state index in [1.807, 2.05) is 22.9 Å². The van der Waals surface area contributed by atoms with Gasteiger partial charge in [-0.25, -0.2) is 0 Å². The first-order chi connectivity index (χ1) is 13.7. The Hall–Kier alpha value is -2.41. The molecule has 1 fully saturated rings. The smallest absolute Gasteiger partial charge is 0.256 e. The molecular weight excluding hydrogens is 376 g/mol. The number of hydrogen-bond acceptors (Lipinski definition) is 4. The molecule has 1 amide bonds. The first-order valence-corrected chi connectivity index (χ1v) is 9.95. The quantitative estimate of drug-likeness (QED) is 0.704. The highest BCUT2D eigenvalue weighted by Crippen LogP contribution is 2.30. The average Bonchev–Trinajstić information content (AvgIpc) is 3.34. The van der Waals surface area contributed by atoms with Crippen LogP contribution >= 0.6 is 11.6 Å². The van der Waals surface area contributed by atoms with Crippen LogP contribution < -0.4 is 10.6 Å². The molecule has 7 heteroatoms. The number of amides is 1. The Morgan fingerprint density at radius 1 is 1.18 bits per heavy atom. The molecule has 0 saturated carbocycles. The number of aromatic nitrogens is 2. The molecule has 28 heavy (non-hydrogen) atoms. The Morgan fingerprint density at radius 3 is 2.86 bits per heavy atom. The fourth-order valence-corrected chi connectivity index (χ4v) is 4.30. The predicted octanol–water partition coefficient (Wildman–Crippen LogP) is 3.90. The van der Waals surface area contributed by atoms with Crippen LogP contribution in [0, 0.1) is 0 Å². The summed E-state index contributed by atoms with van der Waals surface area (Å²) in [6.07, 6.45) is 3.59. The van der Waals surface area contributed by atoms with E-state index in [4.69, 9.17) is 16.3 Å². The summed E-state index contributed by atoms with van der Waals surface area (Å²) in [4.78, 5) is 13.0. The van der Waals surface area contributed by atoms with E-state index in [0.717, 1.165) is 55.7 Å². The van der Waals surface area contributed by atoms with E-state index in [0.29, 0.717) is 10.6 Å². The maximum atomic E-state index is 13.0. The Morgan fingerprint density at radius 2 is 2.00 bits per heavy atom. The Balaban J connectivity index is 1.48.